The summed E-state index contributed by atoms with van der Waals surface area (Å²) in [5, 5.41) is 4.78. The van der Waals surface area contributed by atoms with E-state index in [1.165, 1.54) is 30.6 Å². The van der Waals surface area contributed by atoms with Crippen molar-refractivity contribution in [2.75, 3.05) is 10.7 Å². The van der Waals surface area contributed by atoms with E-state index in [0.717, 1.165) is 27.9 Å². The molecule has 2 saturated carbocycles. The lowest BCUT2D eigenvalue weighted by molar-refractivity contribution is 0.439. The molecule has 0 aliphatic heterocycles. The largest absolute Gasteiger partial charge is 0.366 e. The Morgan fingerprint density at radius 3 is 2.90 bits per heavy atom. The van der Waals surface area contributed by atoms with Crippen LogP contribution in [0, 0.1) is 18.8 Å². The van der Waals surface area contributed by atoms with Crippen molar-refractivity contribution < 1.29 is 0 Å². The standard InChI is InChI=1S/C14H19N5S/c1-7-4-10-12(17-14(19-15)18-13(10)20-7)16-11-6-8-2-3-9(11)5-8/h4,8-9,11H,2-3,5-6,15H2,1H3,(H2,16,17,18,19). The minimum Gasteiger partial charge on any atom is -0.366 e. The highest BCUT2D eigenvalue weighted by molar-refractivity contribution is 7.18. The van der Waals surface area contributed by atoms with E-state index in [0.29, 0.717) is 12.0 Å². The summed E-state index contributed by atoms with van der Waals surface area (Å²) in [6.07, 6.45) is 5.44. The third kappa shape index (κ3) is 1.94. The smallest absolute Gasteiger partial charge is 0.240 e. The average molecular weight is 289 g/mol. The normalized spacial score (nSPS) is 28.2. The first kappa shape index (κ1) is 12.3. The first-order chi connectivity index (χ1) is 9.72. The highest BCUT2D eigenvalue weighted by atomic mass is 32.1. The number of hydrazine groups is 1. The maximum Gasteiger partial charge on any atom is 0.240 e. The first-order valence-electron chi connectivity index (χ1n) is 7.24. The van der Waals surface area contributed by atoms with Gasteiger partial charge in [-0.15, -0.1) is 11.3 Å². The fourth-order valence-electron chi connectivity index (χ4n) is 3.81. The Hall–Kier alpha value is -1.40. The molecule has 4 N–H and O–H groups in total. The molecule has 2 bridgehead atoms. The summed E-state index contributed by atoms with van der Waals surface area (Å²) in [5.41, 5.74) is 2.57. The minimum atomic E-state index is 0.491. The molecular weight excluding hydrogens is 270 g/mol. The number of hydrogen-bond donors (Lipinski definition) is 3. The molecule has 106 valence electrons. The number of rotatable bonds is 3. The van der Waals surface area contributed by atoms with Gasteiger partial charge in [0.15, 0.2) is 0 Å². The summed E-state index contributed by atoms with van der Waals surface area (Å²) >= 11 is 1.68. The van der Waals surface area contributed by atoms with Gasteiger partial charge in [0, 0.05) is 10.9 Å². The second kappa shape index (κ2) is 4.56. The van der Waals surface area contributed by atoms with Crippen molar-refractivity contribution in [3.05, 3.63) is 10.9 Å². The number of fused-ring (bicyclic) bond motifs is 3. The van der Waals surface area contributed by atoms with Crippen LogP contribution < -0.4 is 16.6 Å². The molecule has 0 saturated heterocycles. The number of anilines is 2. The van der Waals surface area contributed by atoms with E-state index in [-0.39, 0.29) is 0 Å². The number of nitrogens with two attached hydrogens (primary N) is 1. The van der Waals surface area contributed by atoms with Crippen molar-refractivity contribution in [1.82, 2.24) is 9.97 Å². The Kier molecular flexibility index (Phi) is 2.82. The maximum atomic E-state index is 5.49. The van der Waals surface area contributed by atoms with E-state index in [2.05, 4.69) is 33.7 Å². The molecule has 2 aromatic rings. The molecule has 20 heavy (non-hydrogen) atoms. The molecule has 4 rings (SSSR count). The van der Waals surface area contributed by atoms with Crippen LogP contribution in [-0.2, 0) is 0 Å². The van der Waals surface area contributed by atoms with Gasteiger partial charge in [-0.2, -0.15) is 4.98 Å². The van der Waals surface area contributed by atoms with Gasteiger partial charge in [-0.3, -0.25) is 5.43 Å². The van der Waals surface area contributed by atoms with Crippen LogP contribution >= 0.6 is 11.3 Å². The summed E-state index contributed by atoms with van der Waals surface area (Å²) in [7, 11) is 0. The van der Waals surface area contributed by atoms with Crippen molar-refractivity contribution in [2.24, 2.45) is 17.7 Å². The number of hydrogen-bond acceptors (Lipinski definition) is 6. The van der Waals surface area contributed by atoms with Crippen molar-refractivity contribution in [2.45, 2.75) is 38.6 Å². The van der Waals surface area contributed by atoms with Crippen LogP contribution in [0.3, 0.4) is 0 Å². The predicted molar refractivity (Wildman–Crippen MR) is 82.8 cm³/mol. The predicted octanol–water partition coefficient (Wildman–Crippen LogP) is 2.89. The molecule has 0 amide bonds. The fourth-order valence-corrected chi connectivity index (χ4v) is 4.69. The van der Waals surface area contributed by atoms with Gasteiger partial charge in [0.05, 0.1) is 5.39 Å². The van der Waals surface area contributed by atoms with Gasteiger partial charge in [-0.25, -0.2) is 10.8 Å². The molecule has 2 aromatic heterocycles. The van der Waals surface area contributed by atoms with Crippen molar-refractivity contribution in [3.63, 3.8) is 0 Å². The fraction of sp³-hybridized carbons (Fsp3) is 0.571. The van der Waals surface area contributed by atoms with Crippen LogP contribution in [0.15, 0.2) is 6.07 Å². The molecule has 2 aliphatic carbocycles. The SMILES string of the molecule is Cc1cc2c(NC3CC4CCC3C4)nc(NN)nc2s1. The van der Waals surface area contributed by atoms with Crippen LogP contribution in [0.25, 0.3) is 10.2 Å². The van der Waals surface area contributed by atoms with Crippen molar-refractivity contribution in [3.8, 4) is 0 Å². The average Bonchev–Trinajstić information content (AvgIpc) is 3.12. The van der Waals surface area contributed by atoms with E-state index in [1.807, 2.05) is 0 Å². The lowest BCUT2D eigenvalue weighted by Gasteiger charge is -2.23. The van der Waals surface area contributed by atoms with Crippen LogP contribution in [0.2, 0.25) is 0 Å². The van der Waals surface area contributed by atoms with E-state index in [1.54, 1.807) is 11.3 Å². The van der Waals surface area contributed by atoms with E-state index >= 15 is 0 Å². The zero-order valence-corrected chi connectivity index (χ0v) is 12.3. The Bertz CT molecular complexity index is 652. The number of nitrogens with zero attached hydrogens (tertiary/aromatic N) is 2. The number of aryl methyl sites for hydroxylation is 1. The Labute approximate surface area is 122 Å². The van der Waals surface area contributed by atoms with Crippen molar-refractivity contribution >= 4 is 33.3 Å². The maximum absolute atomic E-state index is 5.49. The lowest BCUT2D eigenvalue weighted by atomic mass is 9.95. The number of aromatic nitrogens is 2. The quantitative estimate of drug-likeness (QED) is 0.598. The summed E-state index contributed by atoms with van der Waals surface area (Å²) in [5.74, 6) is 8.65. The van der Waals surface area contributed by atoms with Gasteiger partial charge >= 0.3 is 0 Å². The molecule has 3 atom stereocenters. The van der Waals surface area contributed by atoms with Crippen LogP contribution in [0.4, 0.5) is 11.8 Å². The zero-order chi connectivity index (χ0) is 13.7. The summed E-state index contributed by atoms with van der Waals surface area (Å²) < 4.78 is 0. The van der Waals surface area contributed by atoms with Gasteiger partial charge in [0.25, 0.3) is 0 Å². The number of nitrogen functional groups attached to an aromatic ring is 1. The van der Waals surface area contributed by atoms with E-state index in [9.17, 15) is 0 Å². The Balaban J connectivity index is 1.70. The molecule has 0 aromatic carbocycles. The van der Waals surface area contributed by atoms with Crippen molar-refractivity contribution in [1.29, 1.82) is 0 Å². The van der Waals surface area contributed by atoms with E-state index in [4.69, 9.17) is 5.84 Å². The molecule has 2 fully saturated rings. The molecule has 2 aliphatic rings. The second-order valence-electron chi connectivity index (χ2n) is 6.04. The van der Waals surface area contributed by atoms with Gasteiger partial charge in [-0.05, 0) is 44.1 Å². The Morgan fingerprint density at radius 2 is 2.20 bits per heavy atom. The molecule has 3 unspecified atom stereocenters. The summed E-state index contributed by atoms with van der Waals surface area (Å²) in [6.45, 7) is 2.10. The van der Waals surface area contributed by atoms with E-state index < -0.39 is 0 Å². The van der Waals surface area contributed by atoms with Gasteiger partial charge < -0.3 is 5.32 Å². The van der Waals surface area contributed by atoms with Crippen LogP contribution in [0.1, 0.15) is 30.6 Å². The first-order valence-corrected chi connectivity index (χ1v) is 8.06. The van der Waals surface area contributed by atoms with Gasteiger partial charge in [0.1, 0.15) is 10.6 Å². The third-order valence-electron chi connectivity index (χ3n) is 4.71. The van der Waals surface area contributed by atoms with Gasteiger partial charge in [-0.1, -0.05) is 6.42 Å². The molecule has 5 nitrogen and oxygen atoms in total. The third-order valence-corrected chi connectivity index (χ3v) is 5.65. The van der Waals surface area contributed by atoms with Crippen LogP contribution in [-0.4, -0.2) is 16.0 Å². The van der Waals surface area contributed by atoms with Gasteiger partial charge in [0.2, 0.25) is 5.95 Å². The summed E-state index contributed by atoms with van der Waals surface area (Å²) in [6, 6.07) is 2.73. The highest BCUT2D eigenvalue weighted by Crippen LogP contribution is 2.46. The Morgan fingerprint density at radius 1 is 1.30 bits per heavy atom. The number of nitrogens with one attached hydrogen (secondary N) is 2. The lowest BCUT2D eigenvalue weighted by Crippen LogP contribution is -2.26. The topological polar surface area (TPSA) is 75.9 Å². The highest BCUT2D eigenvalue weighted by Gasteiger charge is 2.39. The molecular formula is C14H19N5S. The summed E-state index contributed by atoms with van der Waals surface area (Å²) in [4.78, 5) is 11.2. The molecule has 0 spiro atoms. The molecule has 6 heteroatoms. The zero-order valence-electron chi connectivity index (χ0n) is 11.5. The second-order valence-corrected chi connectivity index (χ2v) is 7.28. The molecule has 2 heterocycles. The molecule has 0 radical (unpaired) electrons. The monoisotopic (exact) mass is 289 g/mol. The van der Waals surface area contributed by atoms with Crippen LogP contribution in [0.5, 0.6) is 0 Å². The minimum absolute atomic E-state index is 0.491. The number of thiophene rings is 1.